The molecule has 0 saturated carbocycles. The molecule has 2 saturated heterocycles. The largest absolute Gasteiger partial charge is 0.417 e. The first-order valence-corrected chi connectivity index (χ1v) is 13.0. The molecule has 204 valence electrons. The third-order valence-corrected chi connectivity index (χ3v) is 7.20. The number of carbonyl (C=O) groups excluding carboxylic acids is 2. The topological polar surface area (TPSA) is 61.9 Å². The fraction of sp³-hybridized carbons (Fsp3) is 0.448. The van der Waals surface area contributed by atoms with Gasteiger partial charge in [-0.1, -0.05) is 24.3 Å². The number of anilines is 1. The highest BCUT2D eigenvalue weighted by molar-refractivity contribution is 5.94. The Morgan fingerprint density at radius 2 is 1.76 bits per heavy atom. The number of ketones is 1. The molecule has 6 nitrogen and oxygen atoms in total. The van der Waals surface area contributed by atoms with Gasteiger partial charge in [-0.25, -0.2) is 0 Å². The zero-order valence-electron chi connectivity index (χ0n) is 21.6. The van der Waals surface area contributed by atoms with Crippen LogP contribution in [-0.4, -0.2) is 74.0 Å². The molecular formula is C29H34F3N3O3. The maximum Gasteiger partial charge on any atom is 0.417 e. The van der Waals surface area contributed by atoms with Gasteiger partial charge in [-0.3, -0.25) is 14.5 Å². The second kappa shape index (κ2) is 12.6. The van der Waals surface area contributed by atoms with Gasteiger partial charge in [-0.05, 0) is 55.2 Å². The minimum Gasteiger partial charge on any atom is -0.384 e. The van der Waals surface area contributed by atoms with Crippen LogP contribution in [0.4, 0.5) is 18.9 Å². The van der Waals surface area contributed by atoms with Gasteiger partial charge in [-0.2, -0.15) is 13.2 Å². The van der Waals surface area contributed by atoms with Crippen molar-refractivity contribution in [3.8, 4) is 11.1 Å². The van der Waals surface area contributed by atoms with Gasteiger partial charge in [0.1, 0.15) is 5.78 Å². The lowest BCUT2D eigenvalue weighted by Crippen LogP contribution is -2.39. The number of hydrogen-bond donors (Lipinski definition) is 1. The third kappa shape index (κ3) is 7.23. The van der Waals surface area contributed by atoms with Crippen molar-refractivity contribution >= 4 is 23.5 Å². The fourth-order valence-corrected chi connectivity index (χ4v) is 5.01. The van der Waals surface area contributed by atoms with Gasteiger partial charge in [0.15, 0.2) is 0 Å². The van der Waals surface area contributed by atoms with Crippen LogP contribution in [0.1, 0.15) is 30.9 Å². The predicted molar refractivity (Wildman–Crippen MR) is 142 cm³/mol. The van der Waals surface area contributed by atoms with E-state index in [0.29, 0.717) is 56.8 Å². The molecule has 0 bridgehead atoms. The Bertz CT molecular complexity index is 1150. The Morgan fingerprint density at radius 1 is 1.05 bits per heavy atom. The number of nitrogens with zero attached hydrogens (tertiary/aromatic N) is 2. The molecule has 1 N–H and O–H groups in total. The molecule has 2 aromatic rings. The monoisotopic (exact) mass is 529 g/mol. The van der Waals surface area contributed by atoms with E-state index in [2.05, 4.69) is 10.2 Å². The van der Waals surface area contributed by atoms with Crippen LogP contribution in [0.2, 0.25) is 0 Å². The van der Waals surface area contributed by atoms with E-state index >= 15 is 0 Å². The third-order valence-electron chi connectivity index (χ3n) is 7.20. The molecule has 2 heterocycles. The van der Waals surface area contributed by atoms with Crippen molar-refractivity contribution in [2.45, 2.75) is 25.9 Å². The molecule has 38 heavy (non-hydrogen) atoms. The van der Waals surface area contributed by atoms with E-state index in [1.165, 1.54) is 18.2 Å². The Morgan fingerprint density at radius 3 is 2.45 bits per heavy atom. The number of nitrogens with one attached hydrogen (secondary N) is 1. The van der Waals surface area contributed by atoms with E-state index < -0.39 is 11.7 Å². The summed E-state index contributed by atoms with van der Waals surface area (Å²) in [6, 6.07) is 11.0. The summed E-state index contributed by atoms with van der Waals surface area (Å²) in [4.78, 5) is 28.3. The zero-order valence-corrected chi connectivity index (χ0v) is 21.6. The van der Waals surface area contributed by atoms with Crippen LogP contribution < -0.4 is 5.32 Å². The first-order valence-electron chi connectivity index (χ1n) is 13.0. The highest BCUT2D eigenvalue weighted by atomic mass is 19.4. The predicted octanol–water partition coefficient (Wildman–Crippen LogP) is 4.96. The van der Waals surface area contributed by atoms with E-state index in [1.54, 1.807) is 36.1 Å². The summed E-state index contributed by atoms with van der Waals surface area (Å²) in [6.07, 6.45) is -0.554. The van der Waals surface area contributed by atoms with Gasteiger partial charge in [0.2, 0.25) is 5.91 Å². The molecule has 2 aromatic carbocycles. The highest BCUT2D eigenvalue weighted by Gasteiger charge is 2.34. The smallest absolute Gasteiger partial charge is 0.384 e. The first kappa shape index (κ1) is 27.9. The molecule has 2 fully saturated rings. The first-order chi connectivity index (χ1) is 18.2. The highest BCUT2D eigenvalue weighted by Crippen LogP contribution is 2.40. The van der Waals surface area contributed by atoms with Crippen LogP contribution in [-0.2, 0) is 20.5 Å². The number of hydrogen-bond acceptors (Lipinski definition) is 5. The zero-order chi connectivity index (χ0) is 27.1. The standard InChI is InChI=1S/C29H34F3N3O3/c1-21(36)22-10-13-35(14-11-22)27(37)9-8-23-4-3-7-26(29(30,31)32)28(23)24-5-2-6-25(20-24)33-12-15-34-16-18-38-19-17-34/h2-9,20,22,33H,10-19H2,1H3/b9-8+. The molecule has 9 heteroatoms. The Hall–Kier alpha value is -3.17. The van der Waals surface area contributed by atoms with E-state index in [9.17, 15) is 22.8 Å². The summed E-state index contributed by atoms with van der Waals surface area (Å²) < 4.78 is 47.5. The number of morpholine rings is 1. The molecule has 2 aliphatic rings. The van der Waals surface area contributed by atoms with Gasteiger partial charge in [0, 0.05) is 62.5 Å². The lowest BCUT2D eigenvalue weighted by molar-refractivity contribution is -0.137. The number of Topliss-reactive ketones (excluding diaryl/α,β-unsaturated/α-hetero) is 1. The molecule has 4 rings (SSSR count). The minimum atomic E-state index is -4.56. The fourth-order valence-electron chi connectivity index (χ4n) is 5.01. The maximum atomic E-state index is 14.1. The Balaban J connectivity index is 1.53. The number of amides is 1. The normalized spacial score (nSPS) is 17.6. The van der Waals surface area contributed by atoms with E-state index in [-0.39, 0.29) is 23.2 Å². The number of halogens is 3. The van der Waals surface area contributed by atoms with Crippen LogP contribution in [0.15, 0.2) is 48.5 Å². The van der Waals surface area contributed by atoms with Crippen molar-refractivity contribution in [1.82, 2.24) is 9.80 Å². The maximum absolute atomic E-state index is 14.1. The van der Waals surface area contributed by atoms with Crippen LogP contribution in [0, 0.1) is 5.92 Å². The Kier molecular flexibility index (Phi) is 9.22. The molecule has 0 radical (unpaired) electrons. The summed E-state index contributed by atoms with van der Waals surface area (Å²) in [5, 5.41) is 3.32. The van der Waals surface area contributed by atoms with Crippen LogP contribution in [0.5, 0.6) is 0 Å². The molecule has 1 amide bonds. The van der Waals surface area contributed by atoms with Gasteiger partial charge < -0.3 is 15.0 Å². The number of likely N-dealkylation sites (tertiary alicyclic amines) is 1. The quantitative estimate of drug-likeness (QED) is 0.490. The van der Waals surface area contributed by atoms with Crippen LogP contribution in [0.25, 0.3) is 17.2 Å². The molecular weight excluding hydrogens is 495 g/mol. The molecule has 2 aliphatic heterocycles. The summed E-state index contributed by atoms with van der Waals surface area (Å²) in [5.74, 6) is -0.180. The molecule has 0 aliphatic carbocycles. The van der Waals surface area contributed by atoms with Gasteiger partial charge in [0.25, 0.3) is 0 Å². The van der Waals surface area contributed by atoms with Crippen molar-refractivity contribution in [3.63, 3.8) is 0 Å². The molecule has 0 atom stereocenters. The summed E-state index contributed by atoms with van der Waals surface area (Å²) >= 11 is 0. The second-order valence-corrected chi connectivity index (χ2v) is 9.77. The average Bonchev–Trinajstić information content (AvgIpc) is 2.92. The summed E-state index contributed by atoms with van der Waals surface area (Å²) in [5.41, 5.74) is 0.754. The number of piperidine rings is 1. The minimum absolute atomic E-state index is 0.0344. The van der Waals surface area contributed by atoms with Crippen LogP contribution >= 0.6 is 0 Å². The lowest BCUT2D eigenvalue weighted by atomic mass is 9.92. The average molecular weight is 530 g/mol. The van der Waals surface area contributed by atoms with Crippen LogP contribution in [0.3, 0.4) is 0 Å². The van der Waals surface area contributed by atoms with E-state index in [0.717, 1.165) is 31.4 Å². The van der Waals surface area contributed by atoms with Gasteiger partial charge in [0.05, 0.1) is 18.8 Å². The van der Waals surface area contributed by atoms with Crippen molar-refractivity contribution < 1.29 is 27.5 Å². The summed E-state index contributed by atoms with van der Waals surface area (Å²) in [6.45, 7) is 7.10. The van der Waals surface area contributed by atoms with E-state index in [1.807, 2.05) is 6.07 Å². The number of benzene rings is 2. The van der Waals surface area contributed by atoms with Crippen molar-refractivity contribution in [2.75, 3.05) is 57.8 Å². The second-order valence-electron chi connectivity index (χ2n) is 9.77. The SMILES string of the molecule is CC(=O)C1CCN(C(=O)/C=C/c2cccc(C(F)(F)F)c2-c2cccc(NCCN3CCOCC3)c2)CC1. The molecule has 0 unspecified atom stereocenters. The lowest BCUT2D eigenvalue weighted by Gasteiger charge is -2.30. The number of ether oxygens (including phenoxy) is 1. The van der Waals surface area contributed by atoms with Crippen molar-refractivity contribution in [2.24, 2.45) is 5.92 Å². The van der Waals surface area contributed by atoms with Crippen molar-refractivity contribution in [3.05, 3.63) is 59.7 Å². The molecule has 0 aromatic heterocycles. The number of carbonyl (C=O) groups is 2. The van der Waals surface area contributed by atoms with E-state index in [4.69, 9.17) is 4.74 Å². The molecule has 0 spiro atoms. The Labute approximate surface area is 221 Å². The number of rotatable bonds is 8. The van der Waals surface area contributed by atoms with Gasteiger partial charge in [-0.15, -0.1) is 0 Å². The number of alkyl halides is 3. The van der Waals surface area contributed by atoms with Gasteiger partial charge >= 0.3 is 6.18 Å². The van der Waals surface area contributed by atoms with Crippen molar-refractivity contribution in [1.29, 1.82) is 0 Å². The summed E-state index contributed by atoms with van der Waals surface area (Å²) in [7, 11) is 0.